The predicted molar refractivity (Wildman–Crippen MR) is 74.9 cm³/mol. The molecule has 0 saturated carbocycles. The summed E-state index contributed by atoms with van der Waals surface area (Å²) in [7, 11) is 0. The number of nitrogens with two attached hydrogens (primary N) is 1. The van der Waals surface area contributed by atoms with E-state index in [1.165, 1.54) is 4.68 Å². The van der Waals surface area contributed by atoms with Crippen molar-refractivity contribution in [2.24, 2.45) is 11.7 Å². The Hall–Kier alpha value is -1.36. The summed E-state index contributed by atoms with van der Waals surface area (Å²) in [6.45, 7) is 10.4. The smallest absolute Gasteiger partial charge is 0.268 e. The molecule has 0 radical (unpaired) electrons. The lowest BCUT2D eigenvalue weighted by Gasteiger charge is -2.21. The molecule has 0 amide bonds. The highest BCUT2D eigenvalue weighted by Gasteiger charge is 2.11. The lowest BCUT2D eigenvalue weighted by atomic mass is 10.1. The maximum Gasteiger partial charge on any atom is 0.268 e. The zero-order valence-electron chi connectivity index (χ0n) is 11.8. The summed E-state index contributed by atoms with van der Waals surface area (Å²) >= 11 is 0. The van der Waals surface area contributed by atoms with Crippen molar-refractivity contribution in [3.8, 4) is 0 Å². The normalized spacial score (nSPS) is 12.8. The SMILES string of the molecule is CCN(CC)c1cnn(CC(N)C(C)C)c(=O)c1. The molecule has 18 heavy (non-hydrogen) atoms. The number of aromatic nitrogens is 2. The minimum Gasteiger partial charge on any atom is -0.371 e. The molecule has 1 rings (SSSR count). The van der Waals surface area contributed by atoms with Crippen molar-refractivity contribution in [3.63, 3.8) is 0 Å². The first-order valence-corrected chi connectivity index (χ1v) is 6.57. The Labute approximate surface area is 109 Å². The fourth-order valence-electron chi connectivity index (χ4n) is 1.73. The highest BCUT2D eigenvalue weighted by Crippen LogP contribution is 2.08. The molecule has 0 aliphatic rings. The van der Waals surface area contributed by atoms with Gasteiger partial charge >= 0.3 is 0 Å². The molecule has 0 fully saturated rings. The quantitative estimate of drug-likeness (QED) is 0.822. The highest BCUT2D eigenvalue weighted by molar-refractivity contribution is 5.42. The van der Waals surface area contributed by atoms with Crippen molar-refractivity contribution >= 4 is 5.69 Å². The van der Waals surface area contributed by atoms with Gasteiger partial charge in [-0.1, -0.05) is 13.8 Å². The van der Waals surface area contributed by atoms with Crippen LogP contribution in [0.5, 0.6) is 0 Å². The van der Waals surface area contributed by atoms with Gasteiger partial charge in [-0.05, 0) is 19.8 Å². The monoisotopic (exact) mass is 252 g/mol. The fourth-order valence-corrected chi connectivity index (χ4v) is 1.73. The molecule has 0 aliphatic heterocycles. The molecule has 0 aliphatic carbocycles. The summed E-state index contributed by atoms with van der Waals surface area (Å²) in [5, 5.41) is 4.20. The molecule has 1 heterocycles. The first-order valence-electron chi connectivity index (χ1n) is 6.57. The van der Waals surface area contributed by atoms with E-state index in [0.717, 1.165) is 18.8 Å². The molecule has 1 unspecified atom stereocenters. The minimum absolute atomic E-state index is 0.0468. The molecule has 1 atom stereocenters. The molecule has 102 valence electrons. The van der Waals surface area contributed by atoms with Crippen LogP contribution >= 0.6 is 0 Å². The maximum absolute atomic E-state index is 12.0. The van der Waals surface area contributed by atoms with Crippen molar-refractivity contribution in [3.05, 3.63) is 22.6 Å². The van der Waals surface area contributed by atoms with Crippen LogP contribution in [-0.2, 0) is 6.54 Å². The lowest BCUT2D eigenvalue weighted by molar-refractivity contribution is 0.403. The Bertz CT molecular complexity index is 423. The topological polar surface area (TPSA) is 64.2 Å². The third kappa shape index (κ3) is 3.57. The van der Waals surface area contributed by atoms with Gasteiger partial charge < -0.3 is 10.6 Å². The molecule has 5 heteroatoms. The first-order chi connectivity index (χ1) is 8.49. The Morgan fingerprint density at radius 3 is 2.44 bits per heavy atom. The van der Waals surface area contributed by atoms with Crippen LogP contribution < -0.4 is 16.2 Å². The van der Waals surface area contributed by atoms with Gasteiger partial charge in [0, 0.05) is 25.2 Å². The number of anilines is 1. The molecule has 5 nitrogen and oxygen atoms in total. The second kappa shape index (κ2) is 6.54. The third-order valence-electron chi connectivity index (χ3n) is 3.22. The summed E-state index contributed by atoms with van der Waals surface area (Å²) in [6, 6.07) is 1.59. The highest BCUT2D eigenvalue weighted by atomic mass is 16.1. The summed E-state index contributed by atoms with van der Waals surface area (Å²) in [4.78, 5) is 14.1. The Kier molecular flexibility index (Phi) is 5.34. The van der Waals surface area contributed by atoms with E-state index in [1.54, 1.807) is 12.3 Å². The van der Waals surface area contributed by atoms with Crippen LogP contribution in [0.1, 0.15) is 27.7 Å². The van der Waals surface area contributed by atoms with E-state index < -0.39 is 0 Å². The number of rotatable bonds is 6. The molecule has 1 aromatic rings. The van der Waals surface area contributed by atoms with Crippen LogP contribution in [-0.4, -0.2) is 28.9 Å². The molecular formula is C13H24N4O. The average molecular weight is 252 g/mol. The largest absolute Gasteiger partial charge is 0.371 e. The Morgan fingerprint density at radius 1 is 1.39 bits per heavy atom. The van der Waals surface area contributed by atoms with E-state index >= 15 is 0 Å². The number of nitrogens with zero attached hydrogens (tertiary/aromatic N) is 3. The molecular weight excluding hydrogens is 228 g/mol. The minimum atomic E-state index is -0.0875. The van der Waals surface area contributed by atoms with Gasteiger partial charge in [-0.15, -0.1) is 0 Å². The van der Waals surface area contributed by atoms with Crippen molar-refractivity contribution in [2.75, 3.05) is 18.0 Å². The van der Waals surface area contributed by atoms with Gasteiger partial charge in [0.2, 0.25) is 0 Å². The van der Waals surface area contributed by atoms with Crippen LogP contribution in [0.3, 0.4) is 0 Å². The van der Waals surface area contributed by atoms with Gasteiger partial charge in [0.05, 0.1) is 18.4 Å². The van der Waals surface area contributed by atoms with Gasteiger partial charge in [-0.25, -0.2) is 4.68 Å². The standard InChI is InChI=1S/C13H24N4O/c1-5-16(6-2)11-7-13(18)17(15-8-11)9-12(14)10(3)4/h7-8,10,12H,5-6,9,14H2,1-4H3. The third-order valence-corrected chi connectivity index (χ3v) is 3.22. The van der Waals surface area contributed by atoms with Crippen LogP contribution in [0.4, 0.5) is 5.69 Å². The van der Waals surface area contributed by atoms with Crippen LogP contribution in [0.2, 0.25) is 0 Å². The number of hydrogen-bond donors (Lipinski definition) is 1. The van der Waals surface area contributed by atoms with E-state index in [2.05, 4.69) is 23.8 Å². The average Bonchev–Trinajstić information content (AvgIpc) is 2.33. The summed E-state index contributed by atoms with van der Waals surface area (Å²) in [6.07, 6.45) is 1.74. The molecule has 0 spiro atoms. The van der Waals surface area contributed by atoms with Crippen molar-refractivity contribution in [1.29, 1.82) is 0 Å². The molecule has 2 N–H and O–H groups in total. The zero-order valence-corrected chi connectivity index (χ0v) is 11.8. The first kappa shape index (κ1) is 14.7. The van der Waals surface area contributed by atoms with Crippen molar-refractivity contribution in [2.45, 2.75) is 40.3 Å². The Balaban J connectivity index is 2.89. The molecule has 1 aromatic heterocycles. The van der Waals surface area contributed by atoms with Crippen molar-refractivity contribution in [1.82, 2.24) is 9.78 Å². The van der Waals surface area contributed by atoms with Crippen LogP contribution in [0, 0.1) is 5.92 Å². The Morgan fingerprint density at radius 2 is 2.00 bits per heavy atom. The second-order valence-corrected chi connectivity index (χ2v) is 4.81. The molecule has 0 saturated heterocycles. The van der Waals surface area contributed by atoms with E-state index in [9.17, 15) is 4.79 Å². The van der Waals surface area contributed by atoms with Gasteiger partial charge in [-0.3, -0.25) is 4.79 Å². The number of hydrogen-bond acceptors (Lipinski definition) is 4. The van der Waals surface area contributed by atoms with Crippen LogP contribution in [0.25, 0.3) is 0 Å². The van der Waals surface area contributed by atoms with Gasteiger partial charge in [-0.2, -0.15) is 5.10 Å². The molecule has 0 aromatic carbocycles. The van der Waals surface area contributed by atoms with Crippen LogP contribution in [0.15, 0.2) is 17.1 Å². The predicted octanol–water partition coefficient (Wildman–Crippen LogP) is 1.07. The van der Waals surface area contributed by atoms with Gasteiger partial charge in [0.1, 0.15) is 0 Å². The molecule has 0 bridgehead atoms. The van der Waals surface area contributed by atoms with E-state index in [1.807, 2.05) is 13.8 Å². The van der Waals surface area contributed by atoms with E-state index in [-0.39, 0.29) is 11.6 Å². The summed E-state index contributed by atoms with van der Waals surface area (Å²) in [5.74, 6) is 0.334. The maximum atomic E-state index is 12.0. The fraction of sp³-hybridized carbons (Fsp3) is 0.692. The van der Waals surface area contributed by atoms with Crippen molar-refractivity contribution < 1.29 is 0 Å². The zero-order chi connectivity index (χ0) is 13.7. The van der Waals surface area contributed by atoms with Gasteiger partial charge in [0.25, 0.3) is 5.56 Å². The second-order valence-electron chi connectivity index (χ2n) is 4.81. The van der Waals surface area contributed by atoms with Gasteiger partial charge in [0.15, 0.2) is 0 Å². The lowest BCUT2D eigenvalue weighted by Crippen LogP contribution is -2.37. The summed E-state index contributed by atoms with van der Waals surface area (Å²) in [5.41, 5.74) is 6.74. The van der Waals surface area contributed by atoms with E-state index in [4.69, 9.17) is 5.73 Å². The summed E-state index contributed by atoms with van der Waals surface area (Å²) < 4.78 is 1.44. The van der Waals surface area contributed by atoms with E-state index in [0.29, 0.717) is 12.5 Å².